The molecule has 2 aromatic carbocycles. The minimum atomic E-state index is -3.45. The van der Waals surface area contributed by atoms with Crippen molar-refractivity contribution >= 4 is 10.0 Å². The van der Waals surface area contributed by atoms with Gasteiger partial charge in [0.05, 0.1) is 4.90 Å². The first-order chi connectivity index (χ1) is 10.0. The number of nitrogens with one attached hydrogen (secondary N) is 1. The molecule has 1 N–H and O–H groups in total. The molecule has 0 amide bonds. The fourth-order valence-corrected chi connectivity index (χ4v) is 3.61. The lowest BCUT2D eigenvalue weighted by Crippen LogP contribution is -2.39. The van der Waals surface area contributed by atoms with Crippen LogP contribution in [0.4, 0.5) is 4.39 Å². The Balaban J connectivity index is 1.83. The Labute approximate surface area is 123 Å². The Morgan fingerprint density at radius 3 is 2.29 bits per heavy atom. The lowest BCUT2D eigenvalue weighted by atomic mass is 9.94. The Morgan fingerprint density at radius 2 is 1.71 bits per heavy atom. The Kier molecular flexibility index (Phi) is 3.78. The average molecular weight is 305 g/mol. The van der Waals surface area contributed by atoms with Crippen molar-refractivity contribution in [1.82, 2.24) is 4.72 Å². The zero-order valence-corrected chi connectivity index (χ0v) is 12.2. The van der Waals surface area contributed by atoms with Crippen LogP contribution in [0.1, 0.15) is 19.3 Å². The summed E-state index contributed by atoms with van der Waals surface area (Å²) < 4.78 is 40.2. The Morgan fingerprint density at radius 1 is 1.00 bits per heavy atom. The topological polar surface area (TPSA) is 46.2 Å². The second-order valence-corrected chi connectivity index (χ2v) is 7.00. The molecule has 0 radical (unpaired) electrons. The van der Waals surface area contributed by atoms with Crippen LogP contribution in [0.5, 0.6) is 0 Å². The van der Waals surface area contributed by atoms with Gasteiger partial charge < -0.3 is 0 Å². The van der Waals surface area contributed by atoms with E-state index in [2.05, 4.69) is 4.72 Å². The van der Waals surface area contributed by atoms with Gasteiger partial charge in [-0.25, -0.2) is 17.5 Å². The minimum Gasteiger partial charge on any atom is -0.208 e. The van der Waals surface area contributed by atoms with Crippen molar-refractivity contribution in [3.8, 4) is 11.1 Å². The highest BCUT2D eigenvalue weighted by Crippen LogP contribution is 2.24. The molecule has 0 atom stereocenters. The average Bonchev–Trinajstić information content (AvgIpc) is 2.43. The number of sulfonamides is 1. The molecule has 1 aliphatic carbocycles. The van der Waals surface area contributed by atoms with Gasteiger partial charge in [0.2, 0.25) is 10.0 Å². The highest BCUT2D eigenvalue weighted by molar-refractivity contribution is 7.89. The van der Waals surface area contributed by atoms with Gasteiger partial charge in [-0.05, 0) is 48.2 Å². The molecule has 1 fully saturated rings. The van der Waals surface area contributed by atoms with Gasteiger partial charge in [-0.2, -0.15) is 0 Å². The molecule has 0 aliphatic heterocycles. The molecule has 0 saturated heterocycles. The van der Waals surface area contributed by atoms with Crippen LogP contribution in [0.15, 0.2) is 53.4 Å². The Bertz CT molecular complexity index is 737. The second-order valence-electron chi connectivity index (χ2n) is 5.28. The van der Waals surface area contributed by atoms with Crippen molar-refractivity contribution in [3.63, 3.8) is 0 Å². The summed E-state index contributed by atoms with van der Waals surface area (Å²) in [5, 5.41) is 0. The number of hydrogen-bond acceptors (Lipinski definition) is 2. The molecule has 110 valence electrons. The highest BCUT2D eigenvalue weighted by atomic mass is 32.2. The van der Waals surface area contributed by atoms with E-state index in [1.54, 1.807) is 36.4 Å². The molecule has 2 aromatic rings. The van der Waals surface area contributed by atoms with Crippen LogP contribution >= 0.6 is 0 Å². The van der Waals surface area contributed by atoms with Crippen molar-refractivity contribution in [1.29, 1.82) is 0 Å². The predicted octanol–water partition coefficient (Wildman–Crippen LogP) is 3.32. The van der Waals surface area contributed by atoms with E-state index in [0.29, 0.717) is 0 Å². The summed E-state index contributed by atoms with van der Waals surface area (Å²) in [6.45, 7) is 0. The molecule has 1 saturated carbocycles. The SMILES string of the molecule is O=S(=O)(NC1CCC1)c1ccc(-c2cccc(F)c2)cc1. The van der Waals surface area contributed by atoms with Crippen LogP contribution in [0.3, 0.4) is 0 Å². The monoisotopic (exact) mass is 305 g/mol. The normalized spacial score (nSPS) is 15.7. The molecule has 0 spiro atoms. The fourth-order valence-electron chi connectivity index (χ4n) is 2.31. The number of hydrogen-bond donors (Lipinski definition) is 1. The van der Waals surface area contributed by atoms with Gasteiger partial charge in [0, 0.05) is 6.04 Å². The largest absolute Gasteiger partial charge is 0.240 e. The molecule has 5 heteroatoms. The number of benzene rings is 2. The molecule has 0 aromatic heterocycles. The minimum absolute atomic E-state index is 0.0675. The maximum absolute atomic E-state index is 13.2. The van der Waals surface area contributed by atoms with Crippen LogP contribution in [-0.4, -0.2) is 14.5 Å². The molecule has 0 unspecified atom stereocenters. The molecular weight excluding hydrogens is 289 g/mol. The maximum Gasteiger partial charge on any atom is 0.240 e. The Hall–Kier alpha value is -1.72. The van der Waals surface area contributed by atoms with E-state index in [0.717, 1.165) is 30.4 Å². The fraction of sp³-hybridized carbons (Fsp3) is 0.250. The van der Waals surface area contributed by atoms with Crippen LogP contribution in [-0.2, 0) is 10.0 Å². The van der Waals surface area contributed by atoms with E-state index in [1.807, 2.05) is 0 Å². The van der Waals surface area contributed by atoms with Gasteiger partial charge in [0.15, 0.2) is 0 Å². The van der Waals surface area contributed by atoms with E-state index in [-0.39, 0.29) is 16.8 Å². The molecule has 3 rings (SSSR count). The zero-order valence-electron chi connectivity index (χ0n) is 11.4. The quantitative estimate of drug-likeness (QED) is 0.942. The van der Waals surface area contributed by atoms with Gasteiger partial charge in [0.25, 0.3) is 0 Å². The van der Waals surface area contributed by atoms with Gasteiger partial charge in [-0.1, -0.05) is 30.7 Å². The first-order valence-corrected chi connectivity index (χ1v) is 8.41. The third-order valence-corrected chi connectivity index (χ3v) is 5.29. The van der Waals surface area contributed by atoms with Crippen LogP contribution in [0.2, 0.25) is 0 Å². The number of rotatable bonds is 4. The summed E-state index contributed by atoms with van der Waals surface area (Å²) in [4.78, 5) is 0.245. The highest BCUT2D eigenvalue weighted by Gasteiger charge is 2.24. The van der Waals surface area contributed by atoms with Crippen LogP contribution in [0.25, 0.3) is 11.1 Å². The van der Waals surface area contributed by atoms with Gasteiger partial charge in [0.1, 0.15) is 5.82 Å². The smallest absolute Gasteiger partial charge is 0.208 e. The lowest BCUT2D eigenvalue weighted by Gasteiger charge is -2.26. The third kappa shape index (κ3) is 3.14. The van der Waals surface area contributed by atoms with Gasteiger partial charge in [-0.15, -0.1) is 0 Å². The zero-order chi connectivity index (χ0) is 14.9. The molecule has 3 nitrogen and oxygen atoms in total. The summed E-state index contributed by atoms with van der Waals surface area (Å²) in [5.41, 5.74) is 1.52. The lowest BCUT2D eigenvalue weighted by molar-refractivity contribution is 0.383. The molecule has 0 bridgehead atoms. The molecule has 0 heterocycles. The summed E-state index contributed by atoms with van der Waals surface area (Å²) in [6, 6.07) is 12.8. The summed E-state index contributed by atoms with van der Waals surface area (Å²) in [7, 11) is -3.45. The van der Waals surface area contributed by atoms with Crippen LogP contribution in [0, 0.1) is 5.82 Å². The molecular formula is C16H16FNO2S. The first-order valence-electron chi connectivity index (χ1n) is 6.93. The van der Waals surface area contributed by atoms with E-state index in [9.17, 15) is 12.8 Å². The van der Waals surface area contributed by atoms with Crippen molar-refractivity contribution in [2.75, 3.05) is 0 Å². The van der Waals surface area contributed by atoms with E-state index >= 15 is 0 Å². The maximum atomic E-state index is 13.2. The van der Waals surface area contributed by atoms with Crippen molar-refractivity contribution in [3.05, 3.63) is 54.3 Å². The van der Waals surface area contributed by atoms with E-state index < -0.39 is 10.0 Å². The standard InChI is InChI=1S/C16H16FNO2S/c17-14-4-1-3-13(11-14)12-7-9-16(10-8-12)21(19,20)18-15-5-2-6-15/h1,3-4,7-11,15,18H,2,5-6H2. The van der Waals surface area contributed by atoms with Crippen molar-refractivity contribution < 1.29 is 12.8 Å². The first kappa shape index (κ1) is 14.2. The summed E-state index contributed by atoms with van der Waals surface area (Å²) in [6.07, 6.45) is 2.88. The third-order valence-electron chi connectivity index (χ3n) is 3.75. The predicted molar refractivity (Wildman–Crippen MR) is 79.8 cm³/mol. The van der Waals surface area contributed by atoms with E-state index in [4.69, 9.17) is 0 Å². The number of halogens is 1. The van der Waals surface area contributed by atoms with E-state index in [1.165, 1.54) is 12.1 Å². The summed E-state index contributed by atoms with van der Waals surface area (Å²) >= 11 is 0. The van der Waals surface area contributed by atoms with Crippen molar-refractivity contribution in [2.24, 2.45) is 0 Å². The summed E-state index contributed by atoms with van der Waals surface area (Å²) in [5.74, 6) is -0.309. The second kappa shape index (κ2) is 5.58. The van der Waals surface area contributed by atoms with Crippen LogP contribution < -0.4 is 4.72 Å². The van der Waals surface area contributed by atoms with Crippen molar-refractivity contribution in [2.45, 2.75) is 30.2 Å². The van der Waals surface area contributed by atoms with Gasteiger partial charge >= 0.3 is 0 Å². The van der Waals surface area contributed by atoms with Gasteiger partial charge in [-0.3, -0.25) is 0 Å². The molecule has 1 aliphatic rings. The molecule has 21 heavy (non-hydrogen) atoms.